The Morgan fingerprint density at radius 1 is 1.21 bits per heavy atom. The average molecular weight is 268 g/mol. The maximum absolute atomic E-state index is 13.0. The van der Waals surface area contributed by atoms with Crippen molar-refractivity contribution in [2.75, 3.05) is 12.8 Å². The summed E-state index contributed by atoms with van der Waals surface area (Å²) in [5, 5.41) is 0. The molecule has 100 valence electrons. The highest BCUT2D eigenvalue weighted by Crippen LogP contribution is 2.37. The van der Waals surface area contributed by atoms with Crippen LogP contribution in [0.1, 0.15) is 5.56 Å². The van der Waals surface area contributed by atoms with E-state index in [9.17, 15) is 13.2 Å². The molecule has 0 atom stereocenters. The molecule has 0 amide bonds. The van der Waals surface area contributed by atoms with E-state index in [1.807, 2.05) is 0 Å². The Labute approximate surface area is 107 Å². The van der Waals surface area contributed by atoms with Crippen molar-refractivity contribution in [2.45, 2.75) is 6.18 Å². The first-order chi connectivity index (χ1) is 8.91. The number of hydrogen-bond donors (Lipinski definition) is 1. The normalized spacial score (nSPS) is 11.4. The number of halogens is 3. The van der Waals surface area contributed by atoms with Crippen LogP contribution in [-0.2, 0) is 6.18 Å². The Bertz CT molecular complexity index is 597. The number of methoxy groups -OCH3 is 1. The van der Waals surface area contributed by atoms with E-state index in [0.717, 1.165) is 6.07 Å². The largest absolute Gasteiger partial charge is 0.497 e. The van der Waals surface area contributed by atoms with E-state index in [1.54, 1.807) is 12.1 Å². The SMILES string of the molecule is COc1cccc(-c2ncc(N)cc2C(F)(F)F)c1. The molecule has 0 spiro atoms. The van der Waals surface area contributed by atoms with E-state index in [2.05, 4.69) is 4.98 Å². The Morgan fingerprint density at radius 3 is 2.58 bits per heavy atom. The van der Waals surface area contributed by atoms with Crippen LogP contribution in [0.3, 0.4) is 0 Å². The number of aromatic nitrogens is 1. The molecule has 1 heterocycles. The first-order valence-corrected chi connectivity index (χ1v) is 5.39. The average Bonchev–Trinajstić information content (AvgIpc) is 2.37. The van der Waals surface area contributed by atoms with Crippen molar-refractivity contribution in [3.8, 4) is 17.0 Å². The van der Waals surface area contributed by atoms with Gasteiger partial charge in [-0.05, 0) is 18.2 Å². The summed E-state index contributed by atoms with van der Waals surface area (Å²) >= 11 is 0. The Balaban J connectivity index is 2.61. The molecule has 3 nitrogen and oxygen atoms in total. The smallest absolute Gasteiger partial charge is 0.418 e. The van der Waals surface area contributed by atoms with Crippen LogP contribution in [0.4, 0.5) is 18.9 Å². The van der Waals surface area contributed by atoms with E-state index in [1.165, 1.54) is 25.4 Å². The molecule has 0 radical (unpaired) electrons. The van der Waals surface area contributed by atoms with Gasteiger partial charge in [-0.2, -0.15) is 13.2 Å². The third-order valence-corrected chi connectivity index (χ3v) is 2.56. The second kappa shape index (κ2) is 4.79. The Morgan fingerprint density at radius 2 is 1.95 bits per heavy atom. The summed E-state index contributed by atoms with van der Waals surface area (Å²) < 4.78 is 43.9. The highest BCUT2D eigenvalue weighted by atomic mass is 19.4. The third-order valence-electron chi connectivity index (χ3n) is 2.56. The summed E-state index contributed by atoms with van der Waals surface area (Å²) in [7, 11) is 1.44. The predicted molar refractivity (Wildman–Crippen MR) is 65.6 cm³/mol. The summed E-state index contributed by atoms with van der Waals surface area (Å²) in [4.78, 5) is 3.79. The highest BCUT2D eigenvalue weighted by molar-refractivity contribution is 5.67. The molecule has 0 aliphatic rings. The lowest BCUT2D eigenvalue weighted by atomic mass is 10.0. The summed E-state index contributed by atoms with van der Waals surface area (Å²) in [5.41, 5.74) is 4.64. The van der Waals surface area contributed by atoms with Gasteiger partial charge in [0.25, 0.3) is 0 Å². The monoisotopic (exact) mass is 268 g/mol. The number of hydrogen-bond acceptors (Lipinski definition) is 3. The van der Waals surface area contributed by atoms with E-state index >= 15 is 0 Å². The Hall–Kier alpha value is -2.24. The van der Waals surface area contributed by atoms with E-state index in [-0.39, 0.29) is 11.4 Å². The number of alkyl halides is 3. The standard InChI is InChI=1S/C13H11F3N2O/c1-19-10-4-2-3-8(5-10)12-11(13(14,15)16)6-9(17)7-18-12/h2-7H,17H2,1H3. The molecule has 0 aliphatic carbocycles. The molecule has 0 saturated heterocycles. The fourth-order valence-corrected chi connectivity index (χ4v) is 1.70. The number of nitrogens with two attached hydrogens (primary N) is 1. The first-order valence-electron chi connectivity index (χ1n) is 5.39. The third kappa shape index (κ3) is 2.78. The molecule has 0 bridgehead atoms. The zero-order valence-corrected chi connectivity index (χ0v) is 10.0. The van der Waals surface area contributed by atoms with Crippen LogP contribution in [0, 0.1) is 0 Å². The zero-order chi connectivity index (χ0) is 14.0. The molecular formula is C13H11F3N2O. The molecule has 0 unspecified atom stereocenters. The lowest BCUT2D eigenvalue weighted by molar-refractivity contribution is -0.137. The lowest BCUT2D eigenvalue weighted by Crippen LogP contribution is -2.09. The second-order valence-corrected chi connectivity index (χ2v) is 3.89. The lowest BCUT2D eigenvalue weighted by Gasteiger charge is -2.13. The fraction of sp³-hybridized carbons (Fsp3) is 0.154. The topological polar surface area (TPSA) is 48.1 Å². The summed E-state index contributed by atoms with van der Waals surface area (Å²) in [5.74, 6) is 0.462. The van der Waals surface area contributed by atoms with Gasteiger partial charge in [-0.25, -0.2) is 0 Å². The van der Waals surface area contributed by atoms with Crippen molar-refractivity contribution in [1.82, 2.24) is 4.98 Å². The molecular weight excluding hydrogens is 257 g/mol. The molecule has 1 aromatic heterocycles. The van der Waals surface area contributed by atoms with Crippen molar-refractivity contribution < 1.29 is 17.9 Å². The first kappa shape index (κ1) is 13.2. The quantitative estimate of drug-likeness (QED) is 0.908. The molecule has 0 saturated carbocycles. The van der Waals surface area contributed by atoms with E-state index < -0.39 is 11.7 Å². The van der Waals surface area contributed by atoms with Gasteiger partial charge in [0.05, 0.1) is 30.3 Å². The van der Waals surface area contributed by atoms with Gasteiger partial charge < -0.3 is 10.5 Å². The molecule has 0 fully saturated rings. The summed E-state index contributed by atoms with van der Waals surface area (Å²) in [6, 6.07) is 7.16. The van der Waals surface area contributed by atoms with Gasteiger partial charge in [-0.3, -0.25) is 4.98 Å². The number of anilines is 1. The number of nitrogen functional groups attached to an aromatic ring is 1. The minimum absolute atomic E-state index is 0.0287. The van der Waals surface area contributed by atoms with Gasteiger partial charge in [-0.1, -0.05) is 12.1 Å². The van der Waals surface area contributed by atoms with Gasteiger partial charge in [0.15, 0.2) is 0 Å². The maximum Gasteiger partial charge on any atom is 0.418 e. The minimum atomic E-state index is -4.51. The number of pyridine rings is 1. The van der Waals surface area contributed by atoms with Crippen LogP contribution >= 0.6 is 0 Å². The predicted octanol–water partition coefficient (Wildman–Crippen LogP) is 3.36. The maximum atomic E-state index is 13.0. The van der Waals surface area contributed by atoms with Crippen molar-refractivity contribution in [3.05, 3.63) is 42.1 Å². The fourth-order valence-electron chi connectivity index (χ4n) is 1.70. The van der Waals surface area contributed by atoms with Crippen LogP contribution in [-0.4, -0.2) is 12.1 Å². The Kier molecular flexibility index (Phi) is 3.33. The summed E-state index contributed by atoms with van der Waals surface area (Å²) in [6.45, 7) is 0. The minimum Gasteiger partial charge on any atom is -0.497 e. The van der Waals surface area contributed by atoms with Crippen LogP contribution in [0.25, 0.3) is 11.3 Å². The summed E-state index contributed by atoms with van der Waals surface area (Å²) in [6.07, 6.45) is -3.31. The van der Waals surface area contributed by atoms with Gasteiger partial charge in [-0.15, -0.1) is 0 Å². The van der Waals surface area contributed by atoms with E-state index in [0.29, 0.717) is 11.3 Å². The molecule has 2 N–H and O–H groups in total. The molecule has 2 aromatic rings. The van der Waals surface area contributed by atoms with Crippen molar-refractivity contribution in [3.63, 3.8) is 0 Å². The zero-order valence-electron chi connectivity index (χ0n) is 10.0. The van der Waals surface area contributed by atoms with Gasteiger partial charge >= 0.3 is 6.18 Å². The molecule has 6 heteroatoms. The van der Waals surface area contributed by atoms with Crippen molar-refractivity contribution in [2.24, 2.45) is 0 Å². The number of nitrogens with zero attached hydrogens (tertiary/aromatic N) is 1. The highest BCUT2D eigenvalue weighted by Gasteiger charge is 2.34. The van der Waals surface area contributed by atoms with Crippen LogP contribution in [0.2, 0.25) is 0 Å². The number of ether oxygens (including phenoxy) is 1. The number of benzene rings is 1. The van der Waals surface area contributed by atoms with Crippen LogP contribution < -0.4 is 10.5 Å². The van der Waals surface area contributed by atoms with Crippen molar-refractivity contribution in [1.29, 1.82) is 0 Å². The number of rotatable bonds is 2. The van der Waals surface area contributed by atoms with E-state index in [4.69, 9.17) is 10.5 Å². The van der Waals surface area contributed by atoms with Crippen LogP contribution in [0.15, 0.2) is 36.5 Å². The van der Waals surface area contributed by atoms with Crippen molar-refractivity contribution >= 4 is 5.69 Å². The second-order valence-electron chi connectivity index (χ2n) is 3.89. The van der Waals surface area contributed by atoms with Gasteiger partial charge in [0.2, 0.25) is 0 Å². The molecule has 2 rings (SSSR count). The molecule has 19 heavy (non-hydrogen) atoms. The van der Waals surface area contributed by atoms with Gasteiger partial charge in [0.1, 0.15) is 5.75 Å². The molecule has 0 aliphatic heterocycles. The van der Waals surface area contributed by atoms with Crippen LogP contribution in [0.5, 0.6) is 5.75 Å². The molecule has 1 aromatic carbocycles. The van der Waals surface area contributed by atoms with Gasteiger partial charge in [0, 0.05) is 5.56 Å².